The smallest absolute Gasteiger partial charge is 0.238 e. The molecule has 2 aromatic rings. The summed E-state index contributed by atoms with van der Waals surface area (Å²) < 4.78 is 37.8. The molecular formula is C26H22Cl2F2N2O3. The van der Waals surface area contributed by atoms with Crippen molar-refractivity contribution >= 4 is 40.7 Å². The van der Waals surface area contributed by atoms with Gasteiger partial charge in [0.2, 0.25) is 11.8 Å². The Labute approximate surface area is 211 Å². The number of nitrogens with one attached hydrogen (secondary N) is 2. The van der Waals surface area contributed by atoms with Gasteiger partial charge in [-0.25, -0.2) is 8.78 Å². The van der Waals surface area contributed by atoms with Crippen LogP contribution in [0.1, 0.15) is 30.4 Å². The summed E-state index contributed by atoms with van der Waals surface area (Å²) in [5, 5.41) is 6.20. The van der Waals surface area contributed by atoms with Crippen LogP contribution in [0.15, 0.2) is 66.5 Å². The Morgan fingerprint density at radius 1 is 1.14 bits per heavy atom. The lowest BCUT2D eigenvalue weighted by Crippen LogP contribution is -2.70. The molecular weight excluding hydrogens is 497 g/mol. The zero-order chi connectivity index (χ0) is 25.0. The number of allylic oxidation sites excluding steroid dienone is 2. The van der Waals surface area contributed by atoms with Crippen LogP contribution in [-0.4, -0.2) is 36.3 Å². The summed E-state index contributed by atoms with van der Waals surface area (Å²) in [5.74, 6) is -1.70. The summed E-state index contributed by atoms with van der Waals surface area (Å²) in [4.78, 5) is 26.8. The molecule has 182 valence electrons. The summed E-state index contributed by atoms with van der Waals surface area (Å²) in [5.41, 5.74) is -3.04. The van der Waals surface area contributed by atoms with Crippen molar-refractivity contribution in [3.8, 4) is 0 Å². The fourth-order valence-electron chi connectivity index (χ4n) is 5.55. The normalized spacial score (nSPS) is 31.6. The molecule has 9 heteroatoms. The standard InChI is InChI=1S/C26H22Cl2F2N2O3/c1-2-35-17-8-9-25(30,21(29)12-17)23-26(18-7-6-16(28)11-20(18)31-24(26)34)19(13-22(33)32-23)14-4-3-5-15(27)10-14/h3-12,19,21,23H,2,13H2,1H3,(H,31,34)(H,32,33)/t19-,21?,23+,25?,26-/m1/s1. The average Bonchev–Trinajstić information content (AvgIpc) is 3.09. The molecule has 1 saturated heterocycles. The zero-order valence-electron chi connectivity index (χ0n) is 18.7. The van der Waals surface area contributed by atoms with Crippen molar-refractivity contribution in [2.24, 2.45) is 0 Å². The number of benzene rings is 2. The zero-order valence-corrected chi connectivity index (χ0v) is 20.2. The number of carbonyl (C=O) groups is 2. The minimum absolute atomic E-state index is 0.122. The van der Waals surface area contributed by atoms with Gasteiger partial charge >= 0.3 is 0 Å². The molecule has 5 nitrogen and oxygen atoms in total. The topological polar surface area (TPSA) is 67.4 Å². The van der Waals surface area contributed by atoms with Crippen LogP contribution >= 0.6 is 23.2 Å². The van der Waals surface area contributed by atoms with Crippen LogP contribution in [0, 0.1) is 0 Å². The van der Waals surface area contributed by atoms with Crippen molar-refractivity contribution in [3.05, 3.63) is 87.6 Å². The van der Waals surface area contributed by atoms with Crippen molar-refractivity contribution in [2.75, 3.05) is 11.9 Å². The van der Waals surface area contributed by atoms with Crippen LogP contribution in [0.25, 0.3) is 0 Å². The van der Waals surface area contributed by atoms with Gasteiger partial charge in [0.1, 0.15) is 11.2 Å². The lowest BCUT2D eigenvalue weighted by atomic mass is 9.56. The lowest BCUT2D eigenvalue weighted by molar-refractivity contribution is -0.135. The highest BCUT2D eigenvalue weighted by atomic mass is 35.5. The maximum Gasteiger partial charge on any atom is 0.238 e. The summed E-state index contributed by atoms with van der Waals surface area (Å²) in [6.07, 6.45) is 1.10. The van der Waals surface area contributed by atoms with Crippen molar-refractivity contribution in [1.29, 1.82) is 0 Å². The first-order valence-electron chi connectivity index (χ1n) is 11.2. The third-order valence-electron chi connectivity index (χ3n) is 6.99. The molecule has 1 aliphatic carbocycles. The molecule has 0 aromatic heterocycles. The molecule has 5 rings (SSSR count). The van der Waals surface area contributed by atoms with E-state index < -0.39 is 41.0 Å². The molecule has 3 aliphatic rings. The summed E-state index contributed by atoms with van der Waals surface area (Å²) in [7, 11) is 0. The Balaban J connectivity index is 1.75. The van der Waals surface area contributed by atoms with Gasteiger partial charge in [-0.15, -0.1) is 0 Å². The van der Waals surface area contributed by atoms with E-state index in [-0.39, 0.29) is 18.8 Å². The van der Waals surface area contributed by atoms with E-state index in [0.29, 0.717) is 26.9 Å². The molecule has 1 spiro atoms. The van der Waals surface area contributed by atoms with Crippen molar-refractivity contribution in [1.82, 2.24) is 5.32 Å². The highest BCUT2D eigenvalue weighted by Crippen LogP contribution is 2.57. The van der Waals surface area contributed by atoms with E-state index in [1.807, 2.05) is 0 Å². The van der Waals surface area contributed by atoms with E-state index in [2.05, 4.69) is 10.6 Å². The van der Waals surface area contributed by atoms with Crippen LogP contribution in [-0.2, 0) is 19.7 Å². The van der Waals surface area contributed by atoms with E-state index >= 15 is 8.78 Å². The maximum absolute atomic E-state index is 16.8. The minimum atomic E-state index is -2.74. The number of carbonyl (C=O) groups excluding carboxylic acids is 2. The van der Waals surface area contributed by atoms with E-state index in [0.717, 1.165) is 12.2 Å². The number of alkyl halides is 2. The highest BCUT2D eigenvalue weighted by Gasteiger charge is 2.67. The molecule has 2 amide bonds. The van der Waals surface area contributed by atoms with Crippen LogP contribution < -0.4 is 10.6 Å². The molecule has 2 N–H and O–H groups in total. The van der Waals surface area contributed by atoms with Gasteiger partial charge in [0.15, 0.2) is 11.8 Å². The van der Waals surface area contributed by atoms with Crippen LogP contribution in [0.5, 0.6) is 0 Å². The maximum atomic E-state index is 16.8. The Kier molecular flexibility index (Phi) is 5.88. The Morgan fingerprint density at radius 2 is 1.91 bits per heavy atom. The first-order chi connectivity index (χ1) is 16.7. The average molecular weight is 519 g/mol. The highest BCUT2D eigenvalue weighted by molar-refractivity contribution is 6.31. The van der Waals surface area contributed by atoms with E-state index in [4.69, 9.17) is 27.9 Å². The molecule has 0 bridgehead atoms. The minimum Gasteiger partial charge on any atom is -0.494 e. The van der Waals surface area contributed by atoms with Gasteiger partial charge in [-0.3, -0.25) is 9.59 Å². The van der Waals surface area contributed by atoms with Crippen LogP contribution in [0.2, 0.25) is 10.0 Å². The van der Waals surface area contributed by atoms with Crippen molar-refractivity contribution < 1.29 is 23.1 Å². The monoisotopic (exact) mass is 518 g/mol. The molecule has 1 fully saturated rings. The molecule has 2 aromatic carbocycles. The number of hydrogen-bond donors (Lipinski definition) is 2. The van der Waals surface area contributed by atoms with Gasteiger partial charge < -0.3 is 15.4 Å². The fraction of sp³-hybridized carbons (Fsp3) is 0.308. The number of rotatable bonds is 4. The molecule has 35 heavy (non-hydrogen) atoms. The number of anilines is 1. The van der Waals surface area contributed by atoms with Gasteiger partial charge in [0, 0.05) is 28.1 Å². The third kappa shape index (κ3) is 3.64. The van der Waals surface area contributed by atoms with E-state index in [1.54, 1.807) is 49.4 Å². The summed E-state index contributed by atoms with van der Waals surface area (Å²) in [6.45, 7) is 2.01. The molecule has 0 saturated carbocycles. The Hall–Kier alpha value is -2.90. The van der Waals surface area contributed by atoms with Gasteiger partial charge in [0.25, 0.3) is 0 Å². The molecule has 2 aliphatic heterocycles. The quantitative estimate of drug-likeness (QED) is 0.569. The van der Waals surface area contributed by atoms with Gasteiger partial charge in [-0.1, -0.05) is 41.4 Å². The Bertz CT molecular complexity index is 1280. The van der Waals surface area contributed by atoms with Gasteiger partial charge in [0.05, 0.1) is 12.6 Å². The Morgan fingerprint density at radius 3 is 2.63 bits per heavy atom. The third-order valence-corrected chi connectivity index (χ3v) is 7.46. The predicted molar refractivity (Wildman–Crippen MR) is 130 cm³/mol. The number of hydrogen-bond acceptors (Lipinski definition) is 3. The summed E-state index contributed by atoms with van der Waals surface area (Å²) in [6, 6.07) is 9.95. The molecule has 2 unspecified atom stereocenters. The van der Waals surface area contributed by atoms with E-state index in [1.165, 1.54) is 6.08 Å². The number of piperidine rings is 1. The first-order valence-corrected chi connectivity index (χ1v) is 12.0. The van der Waals surface area contributed by atoms with Crippen molar-refractivity contribution in [2.45, 2.75) is 42.6 Å². The molecule has 0 radical (unpaired) electrons. The van der Waals surface area contributed by atoms with E-state index in [9.17, 15) is 9.59 Å². The summed E-state index contributed by atoms with van der Waals surface area (Å²) >= 11 is 12.4. The molecule has 2 heterocycles. The van der Waals surface area contributed by atoms with Gasteiger partial charge in [-0.2, -0.15) is 0 Å². The second-order valence-electron chi connectivity index (χ2n) is 8.89. The lowest BCUT2D eigenvalue weighted by Gasteiger charge is -2.51. The number of ether oxygens (including phenoxy) is 1. The predicted octanol–water partition coefficient (Wildman–Crippen LogP) is 5.39. The fourth-order valence-corrected chi connectivity index (χ4v) is 5.92. The second kappa shape index (κ2) is 8.64. The van der Waals surface area contributed by atoms with Crippen LogP contribution in [0.3, 0.4) is 0 Å². The van der Waals surface area contributed by atoms with Crippen molar-refractivity contribution in [3.63, 3.8) is 0 Å². The van der Waals surface area contributed by atoms with Crippen LogP contribution in [0.4, 0.5) is 14.5 Å². The largest absolute Gasteiger partial charge is 0.494 e. The second-order valence-corrected chi connectivity index (χ2v) is 9.76. The molecule has 5 atom stereocenters. The number of halogens is 4. The number of amides is 2. The number of fused-ring (bicyclic) bond motifs is 2. The first kappa shape index (κ1) is 23.8. The SMILES string of the molecule is CCOC1=CC(F)C(F)([C@@H]2NC(=O)C[C@H](c3cccc(Cl)c3)[C@@]23C(=O)Nc2cc(Cl)ccc23)C=C1. The van der Waals surface area contributed by atoms with Gasteiger partial charge in [-0.05, 0) is 60.5 Å².